The van der Waals surface area contributed by atoms with Crippen LogP contribution < -0.4 is 10.6 Å². The van der Waals surface area contributed by atoms with E-state index in [2.05, 4.69) is 10.6 Å². The number of aryl methyl sites for hydroxylation is 1. The Labute approximate surface area is 131 Å². The number of hydrogen-bond acceptors (Lipinski definition) is 3. The number of halogens is 1. The van der Waals surface area contributed by atoms with Crippen molar-refractivity contribution in [2.45, 2.75) is 32.2 Å². The van der Waals surface area contributed by atoms with E-state index in [1.165, 1.54) is 23.5 Å². The van der Waals surface area contributed by atoms with Gasteiger partial charge < -0.3 is 10.6 Å². The number of amides is 2. The molecule has 1 aromatic carbocycles. The Balaban J connectivity index is 1.85. The molecule has 1 atom stereocenters. The molecular weight excluding hydrogens is 303 g/mol. The van der Waals surface area contributed by atoms with Crippen LogP contribution in [0.25, 0.3) is 10.1 Å². The molecule has 6 heteroatoms. The normalized spacial score (nSPS) is 18.8. The molecule has 1 aliphatic rings. The van der Waals surface area contributed by atoms with E-state index in [-0.39, 0.29) is 17.6 Å². The quantitative estimate of drug-likeness (QED) is 0.894. The fraction of sp³-hybridized carbons (Fsp3) is 0.375. The summed E-state index contributed by atoms with van der Waals surface area (Å²) in [7, 11) is 0. The molecule has 1 fully saturated rings. The van der Waals surface area contributed by atoms with Gasteiger partial charge in [-0.2, -0.15) is 0 Å². The molecule has 0 unspecified atom stereocenters. The highest BCUT2D eigenvalue weighted by Gasteiger charge is 2.24. The zero-order valence-corrected chi connectivity index (χ0v) is 13.1. The van der Waals surface area contributed by atoms with Gasteiger partial charge in [0.05, 0.1) is 4.88 Å². The van der Waals surface area contributed by atoms with Crippen LogP contribution in [0, 0.1) is 12.7 Å². The van der Waals surface area contributed by atoms with Crippen molar-refractivity contribution in [2.75, 3.05) is 6.54 Å². The molecule has 0 radical (unpaired) electrons. The zero-order chi connectivity index (χ0) is 15.7. The fourth-order valence-corrected chi connectivity index (χ4v) is 3.80. The van der Waals surface area contributed by atoms with E-state index in [1.54, 1.807) is 13.0 Å². The summed E-state index contributed by atoms with van der Waals surface area (Å²) in [5.74, 6) is -0.708. The van der Waals surface area contributed by atoms with Crippen molar-refractivity contribution in [1.29, 1.82) is 0 Å². The first-order valence-electron chi connectivity index (χ1n) is 7.33. The Morgan fingerprint density at radius 3 is 3.05 bits per heavy atom. The molecule has 0 saturated carbocycles. The Bertz CT molecular complexity index is 741. The molecule has 1 aliphatic heterocycles. The van der Waals surface area contributed by atoms with Crippen molar-refractivity contribution >= 4 is 33.2 Å². The van der Waals surface area contributed by atoms with Crippen LogP contribution in [0.4, 0.5) is 4.39 Å². The molecule has 1 aromatic heterocycles. The van der Waals surface area contributed by atoms with Crippen molar-refractivity contribution in [2.24, 2.45) is 0 Å². The lowest BCUT2D eigenvalue weighted by Gasteiger charge is -2.14. The van der Waals surface area contributed by atoms with Crippen molar-refractivity contribution in [3.05, 3.63) is 34.5 Å². The molecule has 4 nitrogen and oxygen atoms in total. The SMILES string of the molecule is Cc1c(C(=O)N[C@@H]2CCCCNC2=O)sc2ccc(F)cc12. The van der Waals surface area contributed by atoms with Crippen LogP contribution in [-0.2, 0) is 4.79 Å². The monoisotopic (exact) mass is 320 g/mol. The number of rotatable bonds is 2. The third kappa shape index (κ3) is 2.83. The van der Waals surface area contributed by atoms with Gasteiger partial charge in [0.25, 0.3) is 5.91 Å². The van der Waals surface area contributed by atoms with Crippen LogP contribution >= 0.6 is 11.3 Å². The molecule has 2 heterocycles. The highest BCUT2D eigenvalue weighted by atomic mass is 32.1. The summed E-state index contributed by atoms with van der Waals surface area (Å²) in [4.78, 5) is 24.9. The van der Waals surface area contributed by atoms with Crippen LogP contribution in [0.15, 0.2) is 18.2 Å². The van der Waals surface area contributed by atoms with Gasteiger partial charge in [0.15, 0.2) is 0 Å². The lowest BCUT2D eigenvalue weighted by molar-refractivity contribution is -0.122. The number of fused-ring (bicyclic) bond motifs is 1. The topological polar surface area (TPSA) is 58.2 Å². The highest BCUT2D eigenvalue weighted by Crippen LogP contribution is 2.31. The number of carbonyl (C=O) groups excluding carboxylic acids is 2. The third-order valence-corrected chi connectivity index (χ3v) is 5.22. The predicted molar refractivity (Wildman–Crippen MR) is 84.6 cm³/mol. The molecule has 22 heavy (non-hydrogen) atoms. The smallest absolute Gasteiger partial charge is 0.262 e. The molecule has 2 amide bonds. The summed E-state index contributed by atoms with van der Waals surface area (Å²) in [5.41, 5.74) is 0.756. The minimum Gasteiger partial charge on any atom is -0.354 e. The van der Waals surface area contributed by atoms with Crippen LogP contribution in [0.5, 0.6) is 0 Å². The number of carbonyl (C=O) groups is 2. The number of nitrogens with one attached hydrogen (secondary N) is 2. The lowest BCUT2D eigenvalue weighted by Crippen LogP contribution is -2.45. The maximum atomic E-state index is 13.3. The van der Waals surface area contributed by atoms with Gasteiger partial charge in [-0.3, -0.25) is 9.59 Å². The van der Waals surface area contributed by atoms with Gasteiger partial charge in [0.1, 0.15) is 11.9 Å². The Kier molecular flexibility index (Phi) is 4.11. The van der Waals surface area contributed by atoms with Gasteiger partial charge in [-0.15, -0.1) is 11.3 Å². The van der Waals surface area contributed by atoms with Crippen LogP contribution in [0.1, 0.15) is 34.5 Å². The molecule has 2 aromatic rings. The zero-order valence-electron chi connectivity index (χ0n) is 12.2. The number of hydrogen-bond donors (Lipinski definition) is 2. The Hall–Kier alpha value is -1.95. The van der Waals surface area contributed by atoms with E-state index in [0.29, 0.717) is 17.8 Å². The van der Waals surface area contributed by atoms with Gasteiger partial charge >= 0.3 is 0 Å². The fourth-order valence-electron chi connectivity index (χ4n) is 2.71. The lowest BCUT2D eigenvalue weighted by atomic mass is 10.1. The second kappa shape index (κ2) is 6.04. The molecular formula is C16H17FN2O2S. The standard InChI is InChI=1S/C16H17FN2O2S/c1-9-11-8-10(17)5-6-13(11)22-14(9)16(21)19-12-4-2-3-7-18-15(12)20/h5-6,8,12H,2-4,7H2,1H3,(H,18,20)(H,19,21)/t12-/m1/s1. The first kappa shape index (κ1) is 15.0. The van der Waals surface area contributed by atoms with Crippen LogP contribution in [0.2, 0.25) is 0 Å². The minimum atomic E-state index is -0.489. The van der Waals surface area contributed by atoms with E-state index in [0.717, 1.165) is 28.5 Å². The van der Waals surface area contributed by atoms with Gasteiger partial charge in [-0.05, 0) is 55.3 Å². The molecule has 1 saturated heterocycles. The van der Waals surface area contributed by atoms with Gasteiger partial charge in [0, 0.05) is 11.2 Å². The van der Waals surface area contributed by atoms with Crippen molar-refractivity contribution in [1.82, 2.24) is 10.6 Å². The molecule has 0 aliphatic carbocycles. The van der Waals surface area contributed by atoms with Gasteiger partial charge in [0.2, 0.25) is 5.91 Å². The largest absolute Gasteiger partial charge is 0.354 e. The van der Waals surface area contributed by atoms with E-state index >= 15 is 0 Å². The molecule has 3 rings (SSSR count). The summed E-state index contributed by atoms with van der Waals surface area (Å²) < 4.78 is 14.2. The summed E-state index contributed by atoms with van der Waals surface area (Å²) in [6, 6.07) is 4.02. The van der Waals surface area contributed by atoms with Crippen molar-refractivity contribution in [3.63, 3.8) is 0 Å². The predicted octanol–water partition coefficient (Wildman–Crippen LogP) is 2.75. The third-order valence-electron chi connectivity index (χ3n) is 3.95. The van der Waals surface area contributed by atoms with Gasteiger partial charge in [-0.1, -0.05) is 0 Å². The van der Waals surface area contributed by atoms with Gasteiger partial charge in [-0.25, -0.2) is 4.39 Å². The Morgan fingerprint density at radius 2 is 2.23 bits per heavy atom. The molecule has 0 spiro atoms. The maximum absolute atomic E-state index is 13.3. The van der Waals surface area contributed by atoms with E-state index in [4.69, 9.17) is 0 Å². The van der Waals surface area contributed by atoms with E-state index < -0.39 is 6.04 Å². The number of thiophene rings is 1. The second-order valence-electron chi connectivity index (χ2n) is 5.51. The highest BCUT2D eigenvalue weighted by molar-refractivity contribution is 7.21. The van der Waals surface area contributed by atoms with Crippen LogP contribution in [-0.4, -0.2) is 24.4 Å². The maximum Gasteiger partial charge on any atom is 0.262 e. The Morgan fingerprint density at radius 1 is 1.41 bits per heavy atom. The van der Waals surface area contributed by atoms with Crippen molar-refractivity contribution < 1.29 is 14.0 Å². The number of benzene rings is 1. The summed E-state index contributed by atoms with van der Waals surface area (Å²) in [6.07, 6.45) is 2.48. The molecule has 0 bridgehead atoms. The summed E-state index contributed by atoms with van der Waals surface area (Å²) in [5, 5.41) is 6.36. The first-order valence-corrected chi connectivity index (χ1v) is 8.15. The molecule has 2 N–H and O–H groups in total. The summed E-state index contributed by atoms with van der Waals surface area (Å²) >= 11 is 1.33. The average molecular weight is 320 g/mol. The molecule has 116 valence electrons. The minimum absolute atomic E-state index is 0.129. The van der Waals surface area contributed by atoms with E-state index in [1.807, 2.05) is 0 Å². The van der Waals surface area contributed by atoms with E-state index in [9.17, 15) is 14.0 Å². The van der Waals surface area contributed by atoms with Crippen LogP contribution in [0.3, 0.4) is 0 Å². The average Bonchev–Trinajstić information content (AvgIpc) is 2.68. The first-order chi connectivity index (χ1) is 10.6. The summed E-state index contributed by atoms with van der Waals surface area (Å²) in [6.45, 7) is 2.47. The van der Waals surface area contributed by atoms with Crippen molar-refractivity contribution in [3.8, 4) is 0 Å². The second-order valence-corrected chi connectivity index (χ2v) is 6.56.